The molecule has 0 aliphatic rings. The van der Waals surface area contributed by atoms with Gasteiger partial charge < -0.3 is 15.3 Å². The first-order valence-electron chi connectivity index (χ1n) is 9.24. The van der Waals surface area contributed by atoms with Crippen molar-refractivity contribution in [2.24, 2.45) is 0 Å². The van der Waals surface area contributed by atoms with E-state index in [1.165, 1.54) is 0 Å². The van der Waals surface area contributed by atoms with Gasteiger partial charge in [-0.1, -0.05) is 0 Å². The molecule has 0 saturated heterocycles. The molecule has 3 N–H and O–H groups in total. The van der Waals surface area contributed by atoms with Crippen LogP contribution in [0.25, 0.3) is 0 Å². The van der Waals surface area contributed by atoms with E-state index in [1.807, 2.05) is 25.8 Å². The highest BCUT2D eigenvalue weighted by Crippen LogP contribution is 2.20. The average molecular weight is 375 g/mol. The van der Waals surface area contributed by atoms with E-state index < -0.39 is 17.9 Å². The molecule has 0 aromatic carbocycles. The summed E-state index contributed by atoms with van der Waals surface area (Å²) in [5.74, 6) is -2.50. The zero-order valence-electron chi connectivity index (χ0n) is 16.0. The molecule has 152 valence electrons. The minimum Gasteiger partial charge on any atom is -0.481 e. The van der Waals surface area contributed by atoms with Gasteiger partial charge in [-0.25, -0.2) is 0 Å². The highest BCUT2D eigenvalue weighted by atomic mass is 16.7. The molecule has 0 bridgehead atoms. The Bertz CT molecular complexity index is 415. The Morgan fingerprint density at radius 2 is 1.08 bits per heavy atom. The fourth-order valence-electron chi connectivity index (χ4n) is 2.80. The van der Waals surface area contributed by atoms with Crippen LogP contribution in [0.2, 0.25) is 0 Å². The van der Waals surface area contributed by atoms with Crippen molar-refractivity contribution in [2.75, 3.05) is 0 Å². The Morgan fingerprint density at radius 3 is 1.42 bits per heavy atom. The molecule has 0 aliphatic carbocycles. The fraction of sp³-hybridized carbons (Fsp3) is 0.833. The molecule has 3 unspecified atom stereocenters. The third kappa shape index (κ3) is 12.7. The first-order valence-corrected chi connectivity index (χ1v) is 9.24. The zero-order valence-corrected chi connectivity index (χ0v) is 16.0. The molecule has 0 aliphatic heterocycles. The van der Waals surface area contributed by atoms with Gasteiger partial charge in [-0.05, 0) is 59.3 Å². The minimum atomic E-state index is -0.835. The van der Waals surface area contributed by atoms with Gasteiger partial charge in [0, 0.05) is 31.3 Å². The van der Waals surface area contributed by atoms with Crippen LogP contribution in [0, 0.1) is 0 Å². The maximum absolute atomic E-state index is 10.7. The lowest BCUT2D eigenvalue weighted by molar-refractivity contribution is -0.238. The van der Waals surface area contributed by atoms with Crippen molar-refractivity contribution >= 4 is 17.9 Å². The van der Waals surface area contributed by atoms with Crippen molar-refractivity contribution in [3.63, 3.8) is 0 Å². The lowest BCUT2D eigenvalue weighted by Gasteiger charge is -2.36. The number of nitrogens with zero attached hydrogens (tertiary/aromatic N) is 1. The Kier molecular flexibility index (Phi) is 12.7. The number of hydroxylamine groups is 2. The molecule has 0 rings (SSSR count). The van der Waals surface area contributed by atoms with Crippen LogP contribution in [-0.4, -0.2) is 56.5 Å². The predicted molar refractivity (Wildman–Crippen MR) is 95.8 cm³/mol. The molecule has 0 radical (unpaired) electrons. The van der Waals surface area contributed by atoms with E-state index in [1.54, 1.807) is 0 Å². The Morgan fingerprint density at radius 1 is 0.731 bits per heavy atom. The summed E-state index contributed by atoms with van der Waals surface area (Å²) in [6.07, 6.45) is 3.61. The van der Waals surface area contributed by atoms with Gasteiger partial charge in [-0.3, -0.25) is 19.2 Å². The van der Waals surface area contributed by atoms with Gasteiger partial charge in [-0.2, -0.15) is 5.06 Å². The lowest BCUT2D eigenvalue weighted by atomic mass is 10.1. The van der Waals surface area contributed by atoms with Crippen LogP contribution in [0.15, 0.2) is 0 Å². The van der Waals surface area contributed by atoms with Gasteiger partial charge in [-0.15, -0.1) is 0 Å². The summed E-state index contributed by atoms with van der Waals surface area (Å²) in [7, 11) is 0. The number of carbonyl (C=O) groups is 3. The zero-order chi connectivity index (χ0) is 20.1. The molecule has 0 fully saturated rings. The molecule has 0 amide bonds. The second-order valence-electron chi connectivity index (χ2n) is 6.83. The van der Waals surface area contributed by atoms with Crippen molar-refractivity contribution in [3.05, 3.63) is 0 Å². The quantitative estimate of drug-likeness (QED) is 0.351. The number of hydrogen-bond acceptors (Lipinski definition) is 5. The second kappa shape index (κ2) is 13.5. The van der Waals surface area contributed by atoms with Crippen molar-refractivity contribution in [1.29, 1.82) is 0 Å². The van der Waals surface area contributed by atoms with Crippen LogP contribution >= 0.6 is 0 Å². The molecule has 0 aromatic heterocycles. The molecule has 3 atom stereocenters. The third-order valence-electron chi connectivity index (χ3n) is 4.20. The van der Waals surface area contributed by atoms with Crippen molar-refractivity contribution < 1.29 is 34.5 Å². The number of rotatable bonds is 16. The third-order valence-corrected chi connectivity index (χ3v) is 4.20. The molecule has 0 aromatic rings. The van der Waals surface area contributed by atoms with Gasteiger partial charge in [0.05, 0.1) is 6.10 Å². The summed E-state index contributed by atoms with van der Waals surface area (Å²) in [5, 5.41) is 28.1. The minimum absolute atomic E-state index is 0.0175. The van der Waals surface area contributed by atoms with Crippen LogP contribution in [0.5, 0.6) is 0 Å². The SMILES string of the molecule is CC(CCCC(=O)O)ON(C(C)CCCC(=O)O)C(C)CCCC(=O)O. The van der Waals surface area contributed by atoms with Crippen LogP contribution < -0.4 is 0 Å². The Balaban J connectivity index is 4.65. The van der Waals surface area contributed by atoms with Gasteiger partial charge in [0.1, 0.15) is 0 Å². The van der Waals surface area contributed by atoms with E-state index in [4.69, 9.17) is 20.2 Å². The molecule has 8 nitrogen and oxygen atoms in total. The molecule has 0 heterocycles. The number of carboxylic acids is 3. The monoisotopic (exact) mass is 375 g/mol. The van der Waals surface area contributed by atoms with Crippen molar-refractivity contribution in [1.82, 2.24) is 5.06 Å². The molecule has 8 heteroatoms. The van der Waals surface area contributed by atoms with Crippen LogP contribution in [0.3, 0.4) is 0 Å². The summed E-state index contributed by atoms with van der Waals surface area (Å²) < 4.78 is 0. The van der Waals surface area contributed by atoms with Gasteiger partial charge in [0.15, 0.2) is 0 Å². The van der Waals surface area contributed by atoms with Crippen LogP contribution in [-0.2, 0) is 19.2 Å². The fourth-order valence-corrected chi connectivity index (χ4v) is 2.80. The largest absolute Gasteiger partial charge is 0.481 e. The van der Waals surface area contributed by atoms with Gasteiger partial charge >= 0.3 is 17.9 Å². The summed E-state index contributed by atoms with van der Waals surface area (Å²) in [6, 6.07) is -0.0350. The standard InChI is InChI=1S/C18H33NO7/c1-13(7-4-10-16(20)21)19(14(2)8-5-11-17(22)23)26-15(3)9-6-12-18(24)25/h13-15H,4-12H2,1-3H3,(H,20,21)(H,22,23)(H,24,25). The summed E-state index contributed by atoms with van der Waals surface area (Å²) in [6.45, 7) is 5.79. The van der Waals surface area contributed by atoms with Crippen molar-refractivity contribution in [3.8, 4) is 0 Å². The number of carboxylic acid groups (broad SMARTS) is 3. The van der Waals surface area contributed by atoms with E-state index in [0.29, 0.717) is 38.5 Å². The lowest BCUT2D eigenvalue weighted by Crippen LogP contribution is -2.42. The first kappa shape index (κ1) is 24.3. The van der Waals surface area contributed by atoms with Gasteiger partial charge in [0.2, 0.25) is 0 Å². The highest BCUT2D eigenvalue weighted by Gasteiger charge is 2.23. The Hall–Kier alpha value is -1.67. The molecule has 26 heavy (non-hydrogen) atoms. The smallest absolute Gasteiger partial charge is 0.303 e. The summed E-state index contributed by atoms with van der Waals surface area (Å²) in [5.41, 5.74) is 0. The van der Waals surface area contributed by atoms with E-state index in [0.717, 1.165) is 0 Å². The van der Waals surface area contributed by atoms with E-state index >= 15 is 0 Å². The van der Waals surface area contributed by atoms with Gasteiger partial charge in [0.25, 0.3) is 0 Å². The second-order valence-corrected chi connectivity index (χ2v) is 6.83. The maximum Gasteiger partial charge on any atom is 0.303 e. The average Bonchev–Trinajstić information content (AvgIpc) is 2.51. The topological polar surface area (TPSA) is 124 Å². The molecule has 0 spiro atoms. The van der Waals surface area contributed by atoms with Crippen LogP contribution in [0.4, 0.5) is 0 Å². The molecular formula is C18H33NO7. The maximum atomic E-state index is 10.7. The normalized spacial score (nSPS) is 14.8. The van der Waals surface area contributed by atoms with E-state index in [-0.39, 0.29) is 37.5 Å². The summed E-state index contributed by atoms with van der Waals surface area (Å²) in [4.78, 5) is 38.0. The van der Waals surface area contributed by atoms with Crippen molar-refractivity contribution in [2.45, 2.75) is 96.7 Å². The number of hydrogen-bond donors (Lipinski definition) is 3. The highest BCUT2D eigenvalue weighted by molar-refractivity contribution is 5.67. The van der Waals surface area contributed by atoms with E-state index in [9.17, 15) is 14.4 Å². The first-order chi connectivity index (χ1) is 12.1. The van der Waals surface area contributed by atoms with E-state index in [2.05, 4.69) is 0 Å². The molecule has 0 saturated carbocycles. The predicted octanol–water partition coefficient (Wildman–Crippen LogP) is 3.15. The Labute approximate surface area is 155 Å². The number of aliphatic carboxylic acids is 3. The summed E-state index contributed by atoms with van der Waals surface area (Å²) >= 11 is 0. The van der Waals surface area contributed by atoms with Crippen LogP contribution in [0.1, 0.15) is 78.6 Å². The molecular weight excluding hydrogens is 342 g/mol.